The molecule has 1 heterocycles. The lowest BCUT2D eigenvalue weighted by molar-refractivity contribution is -0.137. The number of amides is 3. The highest BCUT2D eigenvalue weighted by Crippen LogP contribution is 2.40. The predicted octanol–water partition coefficient (Wildman–Crippen LogP) is 4.83. The molecular weight excluding hydrogens is 527 g/mol. The van der Waals surface area contributed by atoms with Crippen LogP contribution in [0.1, 0.15) is 21.6 Å². The minimum Gasteiger partial charge on any atom is -0.490 e. The topological polar surface area (TPSA) is 114 Å². The number of benzene rings is 2. The van der Waals surface area contributed by atoms with Gasteiger partial charge >= 0.3 is 12.2 Å². The third-order valence-electron chi connectivity index (χ3n) is 5.04. The van der Waals surface area contributed by atoms with E-state index in [0.29, 0.717) is 23.6 Å². The Balaban J connectivity index is 1.63. The lowest BCUT2D eigenvalue weighted by Crippen LogP contribution is -2.28. The van der Waals surface area contributed by atoms with Gasteiger partial charge in [0, 0.05) is 38.5 Å². The fraction of sp³-hybridized carbons (Fsp3) is 0.240. The van der Waals surface area contributed by atoms with Crippen molar-refractivity contribution in [1.29, 1.82) is 0 Å². The minimum absolute atomic E-state index is 0.00518. The number of urea groups is 1. The van der Waals surface area contributed by atoms with Crippen molar-refractivity contribution >= 4 is 29.2 Å². The molecular formula is C25H25ClF3N5O4. The summed E-state index contributed by atoms with van der Waals surface area (Å²) in [5.74, 6) is 0.555. The van der Waals surface area contributed by atoms with Gasteiger partial charge in [-0.25, -0.2) is 4.79 Å². The number of ether oxygens (including phenoxy) is 2. The first-order chi connectivity index (χ1) is 18.1. The summed E-state index contributed by atoms with van der Waals surface area (Å²) in [6.45, 7) is 0.660. The van der Waals surface area contributed by atoms with Crippen LogP contribution in [0.3, 0.4) is 0 Å². The predicted molar refractivity (Wildman–Crippen MR) is 136 cm³/mol. The number of pyridine rings is 1. The number of anilines is 1. The number of halogens is 4. The molecule has 4 N–H and O–H groups in total. The number of hydrogen-bond donors (Lipinski definition) is 4. The molecule has 0 atom stereocenters. The average Bonchev–Trinajstić information content (AvgIpc) is 2.88. The van der Waals surface area contributed by atoms with E-state index in [1.165, 1.54) is 19.3 Å². The number of carbonyl (C=O) groups excluding carboxylic acids is 2. The molecule has 0 radical (unpaired) electrons. The molecule has 2 aromatic carbocycles. The van der Waals surface area contributed by atoms with E-state index in [0.717, 1.165) is 12.1 Å². The van der Waals surface area contributed by atoms with Crippen LogP contribution in [0.2, 0.25) is 5.02 Å². The molecule has 9 nitrogen and oxygen atoms in total. The quantitative estimate of drug-likeness (QED) is 0.269. The maximum Gasteiger partial charge on any atom is 0.417 e. The normalized spacial score (nSPS) is 11.0. The van der Waals surface area contributed by atoms with Gasteiger partial charge in [0.15, 0.2) is 0 Å². The fourth-order valence-corrected chi connectivity index (χ4v) is 3.40. The summed E-state index contributed by atoms with van der Waals surface area (Å²) in [5.41, 5.74) is -0.364. The standard InChI is InChI=1S/C25H25ClF3N5O4/c1-30-9-10-37-22-13-19(26)18(25(27,28)29)12-20(22)34-24(36)33-14-15-3-5-16(6-4-15)38-17-7-8-32-21(11-17)23(35)31-2/h3-8,11-13,30H,9-10,14H2,1-2H3,(H,31,35)(H2,33,34,36). The molecule has 0 aliphatic carbocycles. The minimum atomic E-state index is -4.71. The first-order valence-electron chi connectivity index (χ1n) is 11.3. The van der Waals surface area contributed by atoms with Crippen LogP contribution in [0.15, 0.2) is 54.7 Å². The Kier molecular flexibility index (Phi) is 9.74. The second-order valence-corrected chi connectivity index (χ2v) is 8.19. The van der Waals surface area contributed by atoms with Gasteiger partial charge in [0.25, 0.3) is 5.91 Å². The Hall–Kier alpha value is -4.03. The SMILES string of the molecule is CNCCOc1cc(Cl)c(C(F)(F)F)cc1NC(=O)NCc1ccc(Oc2ccnc(C(=O)NC)c2)cc1. The maximum absolute atomic E-state index is 13.3. The molecule has 202 valence electrons. The summed E-state index contributed by atoms with van der Waals surface area (Å²) in [6, 6.07) is 10.8. The van der Waals surface area contributed by atoms with E-state index in [9.17, 15) is 22.8 Å². The second-order valence-electron chi connectivity index (χ2n) is 7.79. The van der Waals surface area contributed by atoms with Crippen molar-refractivity contribution in [3.05, 3.63) is 76.6 Å². The van der Waals surface area contributed by atoms with Crippen molar-refractivity contribution in [2.24, 2.45) is 0 Å². The highest BCUT2D eigenvalue weighted by molar-refractivity contribution is 6.31. The molecule has 0 saturated heterocycles. The number of rotatable bonds is 10. The van der Waals surface area contributed by atoms with Crippen LogP contribution in [-0.2, 0) is 12.7 Å². The molecule has 0 unspecified atom stereocenters. The van der Waals surface area contributed by atoms with Gasteiger partial charge in [0.1, 0.15) is 29.5 Å². The van der Waals surface area contributed by atoms with Crippen LogP contribution in [0, 0.1) is 0 Å². The van der Waals surface area contributed by atoms with Crippen molar-refractivity contribution in [1.82, 2.24) is 20.9 Å². The van der Waals surface area contributed by atoms with E-state index in [1.807, 2.05) is 0 Å². The molecule has 3 amide bonds. The number of hydrogen-bond acceptors (Lipinski definition) is 6. The summed E-state index contributed by atoms with van der Waals surface area (Å²) < 4.78 is 51.2. The summed E-state index contributed by atoms with van der Waals surface area (Å²) in [7, 11) is 3.19. The molecule has 0 aliphatic rings. The molecule has 0 fully saturated rings. The van der Waals surface area contributed by atoms with Crippen molar-refractivity contribution < 1.29 is 32.2 Å². The lowest BCUT2D eigenvalue weighted by Gasteiger charge is -2.17. The molecule has 0 saturated carbocycles. The summed E-state index contributed by atoms with van der Waals surface area (Å²) >= 11 is 5.79. The first-order valence-corrected chi connectivity index (χ1v) is 11.7. The lowest BCUT2D eigenvalue weighted by atomic mass is 10.1. The molecule has 13 heteroatoms. The largest absolute Gasteiger partial charge is 0.490 e. The van der Waals surface area contributed by atoms with Crippen LogP contribution in [0.4, 0.5) is 23.7 Å². The Bertz CT molecular complexity index is 1270. The van der Waals surface area contributed by atoms with E-state index < -0.39 is 22.8 Å². The Morgan fingerprint density at radius 1 is 1.03 bits per heavy atom. The first kappa shape index (κ1) is 28.5. The summed E-state index contributed by atoms with van der Waals surface area (Å²) in [5, 5.41) is 9.77. The van der Waals surface area contributed by atoms with Crippen molar-refractivity contribution in [2.75, 3.05) is 32.6 Å². The van der Waals surface area contributed by atoms with Crippen molar-refractivity contribution in [3.63, 3.8) is 0 Å². The number of carbonyl (C=O) groups is 2. The number of aromatic nitrogens is 1. The number of nitrogens with zero attached hydrogens (tertiary/aromatic N) is 1. The van der Waals surface area contributed by atoms with Crippen molar-refractivity contribution in [3.8, 4) is 17.2 Å². The number of likely N-dealkylation sites (N-methyl/N-ethyl adjacent to an activating group) is 1. The van der Waals surface area contributed by atoms with Crippen LogP contribution in [-0.4, -0.2) is 44.2 Å². The number of nitrogens with one attached hydrogen (secondary N) is 4. The maximum atomic E-state index is 13.3. The van der Waals surface area contributed by atoms with Crippen LogP contribution in [0.5, 0.6) is 17.2 Å². The second kappa shape index (κ2) is 13.0. The molecule has 3 aromatic rings. The Morgan fingerprint density at radius 2 is 1.76 bits per heavy atom. The zero-order chi connectivity index (χ0) is 27.7. The van der Waals surface area contributed by atoms with Crippen LogP contribution in [0.25, 0.3) is 0 Å². The smallest absolute Gasteiger partial charge is 0.417 e. The highest BCUT2D eigenvalue weighted by atomic mass is 35.5. The zero-order valence-electron chi connectivity index (χ0n) is 20.4. The van der Waals surface area contributed by atoms with E-state index in [4.69, 9.17) is 21.1 Å². The van der Waals surface area contributed by atoms with Gasteiger partial charge in [-0.05, 0) is 36.9 Å². The van der Waals surface area contributed by atoms with Gasteiger partial charge in [0.05, 0.1) is 16.3 Å². The van der Waals surface area contributed by atoms with Gasteiger partial charge < -0.3 is 30.7 Å². The van der Waals surface area contributed by atoms with E-state index >= 15 is 0 Å². The van der Waals surface area contributed by atoms with E-state index in [1.54, 1.807) is 37.4 Å². The molecule has 0 aliphatic heterocycles. The van der Waals surface area contributed by atoms with Gasteiger partial charge in [0.2, 0.25) is 0 Å². The molecule has 1 aromatic heterocycles. The Morgan fingerprint density at radius 3 is 2.42 bits per heavy atom. The Labute approximate surface area is 221 Å². The van der Waals surface area contributed by atoms with E-state index in [2.05, 4.69) is 26.3 Å². The number of alkyl halides is 3. The molecule has 3 rings (SSSR count). The van der Waals surface area contributed by atoms with E-state index in [-0.39, 0.29) is 36.2 Å². The third kappa shape index (κ3) is 7.98. The van der Waals surface area contributed by atoms with Crippen molar-refractivity contribution in [2.45, 2.75) is 12.7 Å². The molecule has 0 spiro atoms. The summed E-state index contributed by atoms with van der Waals surface area (Å²) in [6.07, 6.45) is -3.26. The molecule has 0 bridgehead atoms. The molecule has 38 heavy (non-hydrogen) atoms. The van der Waals surface area contributed by atoms with Gasteiger partial charge in [-0.1, -0.05) is 23.7 Å². The van der Waals surface area contributed by atoms with Crippen LogP contribution < -0.4 is 30.7 Å². The third-order valence-corrected chi connectivity index (χ3v) is 5.35. The monoisotopic (exact) mass is 551 g/mol. The van der Waals surface area contributed by atoms with Gasteiger partial charge in [-0.3, -0.25) is 9.78 Å². The fourth-order valence-electron chi connectivity index (χ4n) is 3.14. The van der Waals surface area contributed by atoms with Gasteiger partial charge in [-0.15, -0.1) is 0 Å². The average molecular weight is 552 g/mol. The van der Waals surface area contributed by atoms with Crippen LogP contribution >= 0.6 is 11.6 Å². The highest BCUT2D eigenvalue weighted by Gasteiger charge is 2.34. The van der Waals surface area contributed by atoms with Gasteiger partial charge in [-0.2, -0.15) is 13.2 Å². The zero-order valence-corrected chi connectivity index (χ0v) is 21.2. The summed E-state index contributed by atoms with van der Waals surface area (Å²) in [4.78, 5) is 28.2.